The van der Waals surface area contributed by atoms with Gasteiger partial charge in [0.15, 0.2) is 0 Å². The third-order valence-electron chi connectivity index (χ3n) is 1.89. The minimum atomic E-state index is 0.549. The summed E-state index contributed by atoms with van der Waals surface area (Å²) >= 11 is 0. The van der Waals surface area contributed by atoms with E-state index in [4.69, 9.17) is 5.73 Å². The first-order valence-corrected chi connectivity index (χ1v) is 3.93. The third kappa shape index (κ3) is 1.38. The van der Waals surface area contributed by atoms with Crippen molar-refractivity contribution < 1.29 is 4.79 Å². The molecule has 0 atom stereocenters. The summed E-state index contributed by atoms with van der Waals surface area (Å²) in [6.07, 6.45) is 7.78. The molecule has 0 aliphatic carbocycles. The Balaban J connectivity index is 2.31. The summed E-state index contributed by atoms with van der Waals surface area (Å²) in [6, 6.07) is 0. The van der Waals surface area contributed by atoms with Crippen LogP contribution in [0.2, 0.25) is 0 Å². The van der Waals surface area contributed by atoms with Gasteiger partial charge in [-0.05, 0) is 12.2 Å². The SMILES string of the molecule is NC1=CN2CC(C=O)=CN=C2C=C1. The van der Waals surface area contributed by atoms with Crippen molar-refractivity contribution in [3.63, 3.8) is 0 Å². The van der Waals surface area contributed by atoms with Crippen LogP contribution in [0.4, 0.5) is 0 Å². The molecule has 4 nitrogen and oxygen atoms in total. The average Bonchev–Trinajstić information content (AvgIpc) is 2.16. The lowest BCUT2D eigenvalue weighted by atomic mass is 10.2. The molecule has 4 heteroatoms. The van der Waals surface area contributed by atoms with E-state index >= 15 is 0 Å². The molecular weight excluding hydrogens is 166 g/mol. The molecule has 0 spiro atoms. The Kier molecular flexibility index (Phi) is 1.73. The lowest BCUT2D eigenvalue weighted by Gasteiger charge is -2.25. The number of rotatable bonds is 1. The second-order valence-corrected chi connectivity index (χ2v) is 2.90. The van der Waals surface area contributed by atoms with Gasteiger partial charge in [0.05, 0.1) is 6.54 Å². The molecule has 0 radical (unpaired) electrons. The zero-order chi connectivity index (χ0) is 9.26. The fourth-order valence-electron chi connectivity index (χ4n) is 1.25. The molecule has 13 heavy (non-hydrogen) atoms. The van der Waals surface area contributed by atoms with E-state index in [1.54, 1.807) is 18.5 Å². The van der Waals surface area contributed by atoms with Gasteiger partial charge in [0.2, 0.25) is 0 Å². The summed E-state index contributed by atoms with van der Waals surface area (Å²) in [7, 11) is 0. The normalized spacial score (nSPS) is 20.0. The predicted octanol–water partition coefficient (Wildman–Crippen LogP) is 0.153. The Labute approximate surface area is 75.7 Å². The lowest BCUT2D eigenvalue weighted by molar-refractivity contribution is -0.105. The highest BCUT2D eigenvalue weighted by Crippen LogP contribution is 2.12. The van der Waals surface area contributed by atoms with Crippen LogP contribution >= 0.6 is 0 Å². The molecule has 0 unspecified atom stereocenters. The van der Waals surface area contributed by atoms with Crippen LogP contribution in [0.5, 0.6) is 0 Å². The average molecular weight is 175 g/mol. The van der Waals surface area contributed by atoms with Crippen molar-refractivity contribution in [3.05, 3.63) is 35.8 Å². The first-order valence-electron chi connectivity index (χ1n) is 3.93. The van der Waals surface area contributed by atoms with Gasteiger partial charge in [-0.15, -0.1) is 0 Å². The molecule has 0 saturated carbocycles. The maximum Gasteiger partial charge on any atom is 0.149 e. The van der Waals surface area contributed by atoms with Crippen LogP contribution in [0, 0.1) is 0 Å². The molecular formula is C9H9N3O. The molecule has 0 amide bonds. The second kappa shape index (κ2) is 2.90. The maximum absolute atomic E-state index is 10.5. The van der Waals surface area contributed by atoms with E-state index in [1.165, 1.54) is 0 Å². The van der Waals surface area contributed by atoms with E-state index < -0.39 is 0 Å². The fourth-order valence-corrected chi connectivity index (χ4v) is 1.25. The van der Waals surface area contributed by atoms with Crippen molar-refractivity contribution in [2.24, 2.45) is 10.7 Å². The Morgan fingerprint density at radius 1 is 1.54 bits per heavy atom. The fraction of sp³-hybridized carbons (Fsp3) is 0.111. The zero-order valence-electron chi connectivity index (χ0n) is 6.97. The number of allylic oxidation sites excluding steroid dienone is 1. The molecule has 0 fully saturated rings. The minimum absolute atomic E-state index is 0.549. The van der Waals surface area contributed by atoms with E-state index in [1.807, 2.05) is 11.0 Å². The third-order valence-corrected chi connectivity index (χ3v) is 1.89. The summed E-state index contributed by atoms with van der Waals surface area (Å²) in [4.78, 5) is 16.4. The van der Waals surface area contributed by atoms with Crippen molar-refractivity contribution in [3.8, 4) is 0 Å². The molecule has 2 aliphatic heterocycles. The summed E-state index contributed by atoms with van der Waals surface area (Å²) in [5.41, 5.74) is 6.93. The number of hydrogen-bond acceptors (Lipinski definition) is 4. The zero-order valence-corrected chi connectivity index (χ0v) is 6.97. The Morgan fingerprint density at radius 3 is 3.15 bits per heavy atom. The van der Waals surface area contributed by atoms with Crippen LogP contribution in [0.25, 0.3) is 0 Å². The molecule has 0 aromatic heterocycles. The number of nitrogens with two attached hydrogens (primary N) is 1. The van der Waals surface area contributed by atoms with Gasteiger partial charge in [0, 0.05) is 23.7 Å². The quantitative estimate of drug-likeness (QED) is 0.577. The molecule has 0 aromatic rings. The molecule has 2 aliphatic rings. The summed E-state index contributed by atoms with van der Waals surface area (Å²) < 4.78 is 0. The van der Waals surface area contributed by atoms with E-state index in [-0.39, 0.29) is 0 Å². The van der Waals surface area contributed by atoms with Gasteiger partial charge in [-0.2, -0.15) is 0 Å². The van der Waals surface area contributed by atoms with E-state index in [0.29, 0.717) is 17.8 Å². The molecule has 0 aromatic carbocycles. The maximum atomic E-state index is 10.5. The highest BCUT2D eigenvalue weighted by Gasteiger charge is 2.15. The number of nitrogens with zero attached hydrogens (tertiary/aromatic N) is 2. The molecule has 66 valence electrons. The monoisotopic (exact) mass is 175 g/mol. The standard InChI is InChI=1S/C9H9N3O/c10-8-1-2-9-11-3-7(6-13)4-12(9)5-8/h1-3,5-6H,4,10H2. The number of amidine groups is 1. The van der Waals surface area contributed by atoms with Gasteiger partial charge in [-0.1, -0.05) is 0 Å². The topological polar surface area (TPSA) is 58.7 Å². The van der Waals surface area contributed by atoms with Gasteiger partial charge in [-0.25, -0.2) is 4.99 Å². The second-order valence-electron chi connectivity index (χ2n) is 2.90. The Bertz CT molecular complexity index is 363. The highest BCUT2D eigenvalue weighted by molar-refractivity contribution is 5.97. The highest BCUT2D eigenvalue weighted by atomic mass is 16.1. The lowest BCUT2D eigenvalue weighted by Crippen LogP contribution is -2.32. The van der Waals surface area contributed by atoms with Crippen LogP contribution in [-0.4, -0.2) is 23.6 Å². The van der Waals surface area contributed by atoms with Gasteiger partial charge < -0.3 is 10.6 Å². The van der Waals surface area contributed by atoms with Crippen LogP contribution in [0.3, 0.4) is 0 Å². The number of aldehydes is 1. The number of hydrogen-bond donors (Lipinski definition) is 1. The summed E-state index contributed by atoms with van der Waals surface area (Å²) in [5.74, 6) is 0.819. The van der Waals surface area contributed by atoms with Crippen molar-refractivity contribution in [1.29, 1.82) is 0 Å². The van der Waals surface area contributed by atoms with Gasteiger partial charge >= 0.3 is 0 Å². The van der Waals surface area contributed by atoms with Gasteiger partial charge in [0.1, 0.15) is 12.1 Å². The number of fused-ring (bicyclic) bond motifs is 1. The first kappa shape index (κ1) is 7.79. The van der Waals surface area contributed by atoms with Gasteiger partial charge in [-0.3, -0.25) is 4.79 Å². The minimum Gasteiger partial charge on any atom is -0.398 e. The van der Waals surface area contributed by atoms with Gasteiger partial charge in [0.25, 0.3) is 0 Å². The van der Waals surface area contributed by atoms with Crippen molar-refractivity contribution in [2.75, 3.05) is 6.54 Å². The first-order chi connectivity index (χ1) is 6.29. The van der Waals surface area contributed by atoms with Crippen LogP contribution in [0.1, 0.15) is 0 Å². The van der Waals surface area contributed by atoms with E-state index in [9.17, 15) is 4.79 Å². The van der Waals surface area contributed by atoms with E-state index in [0.717, 1.165) is 12.1 Å². The van der Waals surface area contributed by atoms with Crippen molar-refractivity contribution in [2.45, 2.75) is 0 Å². The number of aliphatic imine (C=N–C) groups is 1. The van der Waals surface area contributed by atoms with Crippen molar-refractivity contribution >= 4 is 12.1 Å². The molecule has 0 bridgehead atoms. The smallest absolute Gasteiger partial charge is 0.149 e. The Morgan fingerprint density at radius 2 is 2.38 bits per heavy atom. The van der Waals surface area contributed by atoms with E-state index in [2.05, 4.69) is 4.99 Å². The molecule has 0 saturated heterocycles. The number of carbonyl (C=O) groups is 1. The summed E-state index contributed by atoms with van der Waals surface area (Å²) in [6.45, 7) is 0.549. The largest absolute Gasteiger partial charge is 0.398 e. The van der Waals surface area contributed by atoms with Crippen LogP contribution in [-0.2, 0) is 4.79 Å². The van der Waals surface area contributed by atoms with Crippen molar-refractivity contribution in [1.82, 2.24) is 4.90 Å². The van der Waals surface area contributed by atoms with Crippen LogP contribution in [0.15, 0.2) is 40.8 Å². The van der Waals surface area contributed by atoms with Crippen LogP contribution < -0.4 is 5.73 Å². The molecule has 2 heterocycles. The molecule has 2 N–H and O–H groups in total. The number of carbonyl (C=O) groups excluding carboxylic acids is 1. The Hall–Kier alpha value is -1.84. The summed E-state index contributed by atoms with van der Waals surface area (Å²) in [5, 5.41) is 0. The molecule has 2 rings (SSSR count). The predicted molar refractivity (Wildman–Crippen MR) is 49.7 cm³/mol.